The minimum absolute atomic E-state index is 0.157. The number of carbonyl (C=O) groups excluding carboxylic acids is 2. The average Bonchev–Trinajstić information content (AvgIpc) is 3.51. The summed E-state index contributed by atoms with van der Waals surface area (Å²) < 4.78 is 2.02. The van der Waals surface area contributed by atoms with Gasteiger partial charge in [-0.05, 0) is 43.5 Å². The SMILES string of the molecule is CCCn1c(SCC(=O)Nc2ccccc2C(=O)NC2CC2)nnc1-c1ccncc1. The van der Waals surface area contributed by atoms with Crippen molar-refractivity contribution in [3.05, 3.63) is 54.4 Å². The molecular formula is C22H24N6O2S. The van der Waals surface area contributed by atoms with E-state index in [0.29, 0.717) is 16.4 Å². The fourth-order valence-electron chi connectivity index (χ4n) is 3.13. The maximum absolute atomic E-state index is 12.6. The summed E-state index contributed by atoms with van der Waals surface area (Å²) in [5, 5.41) is 15.1. The summed E-state index contributed by atoms with van der Waals surface area (Å²) in [6.45, 7) is 2.83. The number of amides is 2. The Kier molecular flexibility index (Phi) is 6.61. The Hall–Kier alpha value is -3.20. The zero-order valence-electron chi connectivity index (χ0n) is 17.2. The standard InChI is InChI=1S/C22H24N6O2S/c1-2-13-28-20(15-9-11-23-12-10-15)26-27-22(28)31-14-19(29)25-18-6-4-3-5-17(18)21(30)24-16-7-8-16/h3-6,9-12,16H,2,7-8,13-14H2,1H3,(H,24,30)(H,25,29). The van der Waals surface area contributed by atoms with E-state index in [2.05, 4.69) is 32.7 Å². The van der Waals surface area contributed by atoms with Crippen molar-refractivity contribution in [2.75, 3.05) is 11.1 Å². The maximum Gasteiger partial charge on any atom is 0.253 e. The smallest absolute Gasteiger partial charge is 0.253 e. The van der Waals surface area contributed by atoms with Gasteiger partial charge < -0.3 is 15.2 Å². The van der Waals surface area contributed by atoms with Gasteiger partial charge in [0, 0.05) is 30.5 Å². The molecule has 0 saturated heterocycles. The molecule has 0 bridgehead atoms. The van der Waals surface area contributed by atoms with Crippen LogP contribution >= 0.6 is 11.8 Å². The van der Waals surface area contributed by atoms with E-state index in [0.717, 1.165) is 37.2 Å². The minimum atomic E-state index is -0.201. The Balaban J connectivity index is 1.43. The lowest BCUT2D eigenvalue weighted by Crippen LogP contribution is -2.27. The molecule has 9 heteroatoms. The van der Waals surface area contributed by atoms with E-state index in [9.17, 15) is 9.59 Å². The lowest BCUT2D eigenvalue weighted by molar-refractivity contribution is -0.113. The van der Waals surface area contributed by atoms with Crippen LogP contribution in [0, 0.1) is 0 Å². The topological polar surface area (TPSA) is 102 Å². The van der Waals surface area contributed by atoms with Crippen LogP contribution in [0.4, 0.5) is 5.69 Å². The molecule has 0 spiro atoms. The summed E-state index contributed by atoms with van der Waals surface area (Å²) >= 11 is 1.33. The molecule has 2 aromatic heterocycles. The van der Waals surface area contributed by atoms with Gasteiger partial charge in [0.25, 0.3) is 5.91 Å². The van der Waals surface area contributed by atoms with Gasteiger partial charge in [-0.15, -0.1) is 10.2 Å². The number of para-hydroxylation sites is 1. The number of hydrogen-bond donors (Lipinski definition) is 2. The van der Waals surface area contributed by atoms with Crippen LogP contribution in [0.5, 0.6) is 0 Å². The second-order valence-corrected chi connectivity index (χ2v) is 8.27. The highest BCUT2D eigenvalue weighted by Gasteiger charge is 2.25. The molecule has 0 aliphatic heterocycles. The Morgan fingerprint density at radius 2 is 1.90 bits per heavy atom. The molecule has 1 saturated carbocycles. The Labute approximate surface area is 184 Å². The van der Waals surface area contributed by atoms with Crippen molar-refractivity contribution in [3.63, 3.8) is 0 Å². The summed E-state index contributed by atoms with van der Waals surface area (Å²) in [5.41, 5.74) is 1.92. The monoisotopic (exact) mass is 436 g/mol. The third kappa shape index (κ3) is 5.29. The lowest BCUT2D eigenvalue weighted by atomic mass is 10.1. The molecule has 1 aliphatic rings. The lowest BCUT2D eigenvalue weighted by Gasteiger charge is -2.11. The summed E-state index contributed by atoms with van der Waals surface area (Å²) in [7, 11) is 0. The van der Waals surface area contributed by atoms with Gasteiger partial charge in [-0.1, -0.05) is 30.8 Å². The molecule has 1 fully saturated rings. The van der Waals surface area contributed by atoms with Crippen LogP contribution < -0.4 is 10.6 Å². The molecule has 8 nitrogen and oxygen atoms in total. The number of hydrogen-bond acceptors (Lipinski definition) is 6. The first-order valence-corrected chi connectivity index (χ1v) is 11.3. The molecule has 2 heterocycles. The number of benzene rings is 1. The number of thioether (sulfide) groups is 1. The highest BCUT2D eigenvalue weighted by Crippen LogP contribution is 2.25. The van der Waals surface area contributed by atoms with E-state index >= 15 is 0 Å². The second-order valence-electron chi connectivity index (χ2n) is 7.32. The van der Waals surface area contributed by atoms with Crippen LogP contribution in [0.15, 0.2) is 53.9 Å². The fraction of sp³-hybridized carbons (Fsp3) is 0.318. The molecule has 2 amide bonds. The summed E-state index contributed by atoms with van der Waals surface area (Å²) in [6, 6.07) is 11.1. The zero-order valence-corrected chi connectivity index (χ0v) is 18.1. The largest absolute Gasteiger partial charge is 0.349 e. The van der Waals surface area contributed by atoms with Crippen molar-refractivity contribution in [1.82, 2.24) is 25.1 Å². The molecule has 1 aromatic carbocycles. The normalized spacial score (nSPS) is 13.1. The van der Waals surface area contributed by atoms with Gasteiger partial charge in [-0.3, -0.25) is 14.6 Å². The van der Waals surface area contributed by atoms with Gasteiger partial charge >= 0.3 is 0 Å². The quantitative estimate of drug-likeness (QED) is 0.499. The van der Waals surface area contributed by atoms with Crippen molar-refractivity contribution in [1.29, 1.82) is 0 Å². The molecule has 160 valence electrons. The first kappa shape index (κ1) is 21.0. The number of carbonyl (C=O) groups is 2. The Morgan fingerprint density at radius 1 is 1.13 bits per heavy atom. The maximum atomic E-state index is 12.6. The Morgan fingerprint density at radius 3 is 2.65 bits per heavy atom. The second kappa shape index (κ2) is 9.74. The van der Waals surface area contributed by atoms with Gasteiger partial charge in [0.15, 0.2) is 11.0 Å². The summed E-state index contributed by atoms with van der Waals surface area (Å²) in [6.07, 6.45) is 6.38. The van der Waals surface area contributed by atoms with Gasteiger partial charge in [0.1, 0.15) is 0 Å². The zero-order chi connectivity index (χ0) is 21.6. The molecule has 3 aromatic rings. The molecule has 31 heavy (non-hydrogen) atoms. The van der Waals surface area contributed by atoms with Gasteiger partial charge in [-0.2, -0.15) is 0 Å². The molecule has 0 atom stereocenters. The van der Waals surface area contributed by atoms with Crippen LogP contribution in [0.1, 0.15) is 36.5 Å². The van der Waals surface area contributed by atoms with E-state index in [1.54, 1.807) is 36.7 Å². The average molecular weight is 437 g/mol. The third-order valence-corrected chi connectivity index (χ3v) is 5.76. The van der Waals surface area contributed by atoms with Crippen LogP contribution in [0.25, 0.3) is 11.4 Å². The highest BCUT2D eigenvalue weighted by atomic mass is 32.2. The predicted octanol–water partition coefficient (Wildman–Crippen LogP) is 3.37. The van der Waals surface area contributed by atoms with E-state index in [1.807, 2.05) is 16.7 Å². The van der Waals surface area contributed by atoms with Gasteiger partial charge in [0.2, 0.25) is 5.91 Å². The van der Waals surface area contributed by atoms with Crippen LogP contribution in [0.2, 0.25) is 0 Å². The summed E-state index contributed by atoms with van der Waals surface area (Å²) in [5.74, 6) is 0.565. The van der Waals surface area contributed by atoms with Crippen molar-refractivity contribution in [3.8, 4) is 11.4 Å². The van der Waals surface area contributed by atoms with Crippen molar-refractivity contribution in [2.24, 2.45) is 0 Å². The van der Waals surface area contributed by atoms with Crippen LogP contribution in [-0.4, -0.2) is 43.4 Å². The Bertz CT molecular complexity index is 1060. The fourth-order valence-corrected chi connectivity index (χ4v) is 3.90. The number of aromatic nitrogens is 4. The highest BCUT2D eigenvalue weighted by molar-refractivity contribution is 7.99. The van der Waals surface area contributed by atoms with E-state index < -0.39 is 0 Å². The molecule has 1 aliphatic carbocycles. The molecular weight excluding hydrogens is 412 g/mol. The van der Waals surface area contributed by atoms with E-state index in [4.69, 9.17) is 0 Å². The minimum Gasteiger partial charge on any atom is -0.349 e. The number of anilines is 1. The van der Waals surface area contributed by atoms with Gasteiger partial charge in [0.05, 0.1) is 17.0 Å². The first-order chi connectivity index (χ1) is 15.2. The summed E-state index contributed by atoms with van der Waals surface area (Å²) in [4.78, 5) is 29.1. The van der Waals surface area contributed by atoms with E-state index in [1.165, 1.54) is 11.8 Å². The first-order valence-electron chi connectivity index (χ1n) is 10.3. The number of nitrogens with zero attached hydrogens (tertiary/aromatic N) is 4. The molecule has 0 unspecified atom stereocenters. The molecule has 0 radical (unpaired) electrons. The predicted molar refractivity (Wildman–Crippen MR) is 120 cm³/mol. The van der Waals surface area contributed by atoms with Gasteiger partial charge in [-0.25, -0.2) is 0 Å². The van der Waals surface area contributed by atoms with Crippen molar-refractivity contribution < 1.29 is 9.59 Å². The van der Waals surface area contributed by atoms with Crippen LogP contribution in [0.3, 0.4) is 0 Å². The molecule has 4 rings (SSSR count). The molecule has 2 N–H and O–H groups in total. The third-order valence-electron chi connectivity index (χ3n) is 4.79. The van der Waals surface area contributed by atoms with Crippen LogP contribution in [-0.2, 0) is 11.3 Å². The number of pyridine rings is 1. The van der Waals surface area contributed by atoms with Crippen molar-refractivity contribution >= 4 is 29.3 Å². The van der Waals surface area contributed by atoms with E-state index in [-0.39, 0.29) is 23.6 Å². The number of rotatable bonds is 9. The van der Waals surface area contributed by atoms with Crippen molar-refractivity contribution in [2.45, 2.75) is 43.9 Å². The number of nitrogens with one attached hydrogen (secondary N) is 2.